The fourth-order valence-electron chi connectivity index (χ4n) is 0.689. The van der Waals surface area contributed by atoms with Gasteiger partial charge in [0.15, 0.2) is 0 Å². The highest BCUT2D eigenvalue weighted by Gasteiger charge is 2.08. The molecule has 13 heavy (non-hydrogen) atoms. The summed E-state index contributed by atoms with van der Waals surface area (Å²) >= 11 is 0. The zero-order valence-corrected chi connectivity index (χ0v) is 6.85. The molecule has 0 saturated carbocycles. The van der Waals surface area contributed by atoms with Crippen LogP contribution in [-0.4, -0.2) is 29.5 Å². The number of aromatic nitrogens is 2. The van der Waals surface area contributed by atoms with E-state index in [-0.39, 0.29) is 11.6 Å². The predicted octanol–water partition coefficient (Wildman–Crippen LogP) is -0.169. The lowest BCUT2D eigenvalue weighted by atomic mass is 10.5. The van der Waals surface area contributed by atoms with E-state index in [1.807, 2.05) is 0 Å². The van der Waals surface area contributed by atoms with Gasteiger partial charge in [-0.15, -0.1) is 0 Å². The lowest BCUT2D eigenvalue weighted by Crippen LogP contribution is -2.09. The third-order valence-corrected chi connectivity index (χ3v) is 1.23. The van der Waals surface area contributed by atoms with Crippen molar-refractivity contribution in [3.8, 4) is 0 Å². The Bertz CT molecular complexity index is 327. The molecule has 0 unspecified atom stereocenters. The third-order valence-electron chi connectivity index (χ3n) is 1.23. The smallest absolute Gasteiger partial charge is 0.376 e. The van der Waals surface area contributed by atoms with E-state index in [9.17, 15) is 9.59 Å². The van der Waals surface area contributed by atoms with Crippen molar-refractivity contribution in [2.24, 2.45) is 0 Å². The number of nitrogens with zero attached hydrogens (tertiary/aromatic N) is 2. The molecule has 1 aromatic heterocycles. The number of ether oxygens (including phenoxy) is 1. The molecule has 6 heteroatoms. The molecule has 0 fully saturated rings. The van der Waals surface area contributed by atoms with E-state index in [2.05, 4.69) is 20.0 Å². The van der Waals surface area contributed by atoms with Crippen molar-refractivity contribution in [3.63, 3.8) is 0 Å². The van der Waals surface area contributed by atoms with Crippen LogP contribution in [0.5, 0.6) is 0 Å². The van der Waals surface area contributed by atoms with E-state index in [4.69, 9.17) is 0 Å². The minimum absolute atomic E-state index is 0.0886. The molecule has 0 bridgehead atoms. The maximum atomic E-state index is 10.9. The van der Waals surface area contributed by atoms with Crippen LogP contribution >= 0.6 is 0 Å². The van der Waals surface area contributed by atoms with Gasteiger partial charge < -0.3 is 10.1 Å². The lowest BCUT2D eigenvalue weighted by Gasteiger charge is -1.99. The summed E-state index contributed by atoms with van der Waals surface area (Å²) in [7, 11) is 1.23. The molecule has 0 saturated heterocycles. The van der Waals surface area contributed by atoms with E-state index in [0.717, 1.165) is 0 Å². The Hall–Kier alpha value is -1.98. The van der Waals surface area contributed by atoms with Crippen molar-refractivity contribution in [1.29, 1.82) is 0 Å². The lowest BCUT2D eigenvalue weighted by molar-refractivity contribution is -0.105. The summed E-state index contributed by atoms with van der Waals surface area (Å²) in [6, 6.07) is 1.46. The van der Waals surface area contributed by atoms with Crippen LogP contribution in [0.4, 0.5) is 5.82 Å². The second kappa shape index (κ2) is 4.15. The predicted molar refractivity (Wildman–Crippen MR) is 43.1 cm³/mol. The Morgan fingerprint density at radius 1 is 1.69 bits per heavy atom. The van der Waals surface area contributed by atoms with Crippen molar-refractivity contribution in [3.05, 3.63) is 18.1 Å². The number of anilines is 1. The number of methoxy groups -OCH3 is 1. The molecule has 0 aromatic carbocycles. The topological polar surface area (TPSA) is 81.2 Å². The van der Waals surface area contributed by atoms with Crippen LogP contribution in [-0.2, 0) is 9.53 Å². The van der Waals surface area contributed by atoms with Gasteiger partial charge in [0.25, 0.3) is 0 Å². The monoisotopic (exact) mass is 181 g/mol. The second-order valence-electron chi connectivity index (χ2n) is 2.02. The van der Waals surface area contributed by atoms with Gasteiger partial charge in [0.2, 0.25) is 12.2 Å². The average Bonchev–Trinajstić information content (AvgIpc) is 2.18. The molecular formula is C7H7N3O3. The Balaban J connectivity index is 2.90. The van der Waals surface area contributed by atoms with E-state index < -0.39 is 5.97 Å². The van der Waals surface area contributed by atoms with Crippen LogP contribution in [0.25, 0.3) is 0 Å². The quantitative estimate of drug-likeness (QED) is 0.517. The number of hydrogen-bond acceptors (Lipinski definition) is 5. The molecule has 0 aliphatic heterocycles. The molecular weight excluding hydrogens is 174 g/mol. The number of hydrogen-bond donors (Lipinski definition) is 1. The summed E-state index contributed by atoms with van der Waals surface area (Å²) in [6.45, 7) is 0. The van der Waals surface area contributed by atoms with Gasteiger partial charge in [0.05, 0.1) is 7.11 Å². The first-order valence-electron chi connectivity index (χ1n) is 3.39. The fraction of sp³-hybridized carbons (Fsp3) is 0.143. The minimum atomic E-state index is -0.644. The van der Waals surface area contributed by atoms with Gasteiger partial charge in [-0.05, 0) is 6.07 Å². The van der Waals surface area contributed by atoms with Crippen molar-refractivity contribution in [2.75, 3.05) is 12.4 Å². The van der Waals surface area contributed by atoms with Crippen LogP contribution < -0.4 is 5.32 Å². The van der Waals surface area contributed by atoms with Gasteiger partial charge in [0.1, 0.15) is 5.82 Å². The van der Waals surface area contributed by atoms with Crippen LogP contribution in [0.1, 0.15) is 10.6 Å². The largest absolute Gasteiger partial charge is 0.463 e. The molecule has 1 N–H and O–H groups in total. The number of carbonyl (C=O) groups excluding carboxylic acids is 2. The number of rotatable bonds is 3. The fourth-order valence-corrected chi connectivity index (χ4v) is 0.689. The first-order valence-corrected chi connectivity index (χ1v) is 3.39. The van der Waals surface area contributed by atoms with Gasteiger partial charge in [-0.25, -0.2) is 14.8 Å². The molecule has 68 valence electrons. The van der Waals surface area contributed by atoms with Gasteiger partial charge in [-0.1, -0.05) is 0 Å². The standard InChI is InChI=1S/C7H7N3O3/c1-13-7(12)6-8-3-2-5(10-6)9-4-11/h2-4H,1H3,(H,8,9,10,11). The number of carbonyl (C=O) groups is 2. The zero-order valence-electron chi connectivity index (χ0n) is 6.85. The molecule has 1 aromatic rings. The second-order valence-corrected chi connectivity index (χ2v) is 2.02. The number of esters is 1. The van der Waals surface area contributed by atoms with E-state index in [1.54, 1.807) is 0 Å². The molecule has 0 radical (unpaired) electrons. The zero-order chi connectivity index (χ0) is 9.68. The van der Waals surface area contributed by atoms with Crippen molar-refractivity contribution in [2.45, 2.75) is 0 Å². The average molecular weight is 181 g/mol. The molecule has 0 aliphatic rings. The first-order chi connectivity index (χ1) is 6.27. The Kier molecular flexibility index (Phi) is 2.91. The van der Waals surface area contributed by atoms with Crippen molar-refractivity contribution >= 4 is 18.2 Å². The Labute approximate surface area is 74.0 Å². The molecule has 0 atom stereocenters. The molecule has 1 heterocycles. The Morgan fingerprint density at radius 3 is 3.08 bits per heavy atom. The Morgan fingerprint density at radius 2 is 2.46 bits per heavy atom. The summed E-state index contributed by atoms with van der Waals surface area (Å²) < 4.78 is 4.39. The SMILES string of the molecule is COC(=O)c1nccc(NC=O)n1. The summed E-state index contributed by atoms with van der Waals surface area (Å²) in [5.41, 5.74) is 0. The van der Waals surface area contributed by atoms with Crippen LogP contribution in [0.2, 0.25) is 0 Å². The van der Waals surface area contributed by atoms with E-state index >= 15 is 0 Å². The van der Waals surface area contributed by atoms with Crippen molar-refractivity contribution < 1.29 is 14.3 Å². The van der Waals surface area contributed by atoms with Crippen molar-refractivity contribution in [1.82, 2.24) is 9.97 Å². The summed E-state index contributed by atoms with van der Waals surface area (Å²) in [4.78, 5) is 28.3. The van der Waals surface area contributed by atoms with Gasteiger partial charge in [-0.3, -0.25) is 4.79 Å². The number of amides is 1. The van der Waals surface area contributed by atoms with Gasteiger partial charge in [0, 0.05) is 6.20 Å². The van der Waals surface area contributed by atoms with Gasteiger partial charge in [-0.2, -0.15) is 0 Å². The summed E-state index contributed by atoms with van der Waals surface area (Å²) in [5.74, 6) is -0.478. The highest BCUT2D eigenvalue weighted by Crippen LogP contribution is 2.00. The first kappa shape index (κ1) is 9.11. The molecule has 1 rings (SSSR count). The molecule has 1 amide bonds. The normalized spacial score (nSPS) is 9.00. The summed E-state index contributed by atoms with van der Waals surface area (Å²) in [5, 5.41) is 2.29. The highest BCUT2D eigenvalue weighted by molar-refractivity contribution is 5.85. The minimum Gasteiger partial charge on any atom is -0.463 e. The molecule has 0 aliphatic carbocycles. The maximum Gasteiger partial charge on any atom is 0.376 e. The van der Waals surface area contributed by atoms with Gasteiger partial charge >= 0.3 is 5.97 Å². The highest BCUT2D eigenvalue weighted by atomic mass is 16.5. The van der Waals surface area contributed by atoms with Crippen LogP contribution in [0.15, 0.2) is 12.3 Å². The van der Waals surface area contributed by atoms with E-state index in [0.29, 0.717) is 6.41 Å². The maximum absolute atomic E-state index is 10.9. The molecule has 6 nitrogen and oxygen atoms in total. The summed E-state index contributed by atoms with van der Waals surface area (Å²) in [6.07, 6.45) is 1.81. The molecule has 0 spiro atoms. The number of nitrogens with one attached hydrogen (secondary N) is 1. The van der Waals surface area contributed by atoms with E-state index in [1.165, 1.54) is 19.4 Å². The van der Waals surface area contributed by atoms with Crippen LogP contribution in [0.3, 0.4) is 0 Å². The third kappa shape index (κ3) is 2.22. The van der Waals surface area contributed by atoms with Crippen LogP contribution in [0, 0.1) is 0 Å².